The molecule has 0 spiro atoms. The molecule has 3 rings (SSSR count). The molecule has 1 aromatic heterocycles. The summed E-state index contributed by atoms with van der Waals surface area (Å²) < 4.78 is 1.79. The van der Waals surface area contributed by atoms with Crippen LogP contribution in [0.3, 0.4) is 0 Å². The number of nitrogens with zero attached hydrogens (tertiary/aromatic N) is 4. The van der Waals surface area contributed by atoms with E-state index >= 15 is 0 Å². The summed E-state index contributed by atoms with van der Waals surface area (Å²) in [6.07, 6.45) is 14.3. The largest absolute Gasteiger partial charge is 0.353 e. The number of rotatable bonds is 5. The van der Waals surface area contributed by atoms with Gasteiger partial charge in [-0.3, -0.25) is 4.79 Å². The standard InChI is InChI=1S/C16H27N5O/c22-15(18-14-7-3-1-4-8-14)11-16(9-5-2-6-10-16)12-21-13-17-19-20-21/h13-14H,1-12H2,(H,18,22). The molecule has 2 aliphatic rings. The van der Waals surface area contributed by atoms with Gasteiger partial charge in [0.25, 0.3) is 0 Å². The van der Waals surface area contributed by atoms with Crippen molar-refractivity contribution < 1.29 is 4.79 Å². The van der Waals surface area contributed by atoms with E-state index in [9.17, 15) is 4.79 Å². The number of carbonyl (C=O) groups excluding carboxylic acids is 1. The third-order valence-electron chi connectivity index (χ3n) is 5.31. The third-order valence-corrected chi connectivity index (χ3v) is 5.31. The van der Waals surface area contributed by atoms with E-state index in [0.717, 1.165) is 32.2 Å². The topological polar surface area (TPSA) is 72.7 Å². The molecule has 2 aliphatic carbocycles. The Kier molecular flexibility index (Phi) is 5.05. The van der Waals surface area contributed by atoms with Gasteiger partial charge in [-0.05, 0) is 41.5 Å². The minimum atomic E-state index is 0.0341. The number of amides is 1. The Morgan fingerprint density at radius 3 is 2.55 bits per heavy atom. The van der Waals surface area contributed by atoms with Crippen molar-refractivity contribution >= 4 is 5.91 Å². The van der Waals surface area contributed by atoms with Crippen molar-refractivity contribution in [2.75, 3.05) is 0 Å². The van der Waals surface area contributed by atoms with Gasteiger partial charge in [0.1, 0.15) is 6.33 Å². The molecule has 6 heteroatoms. The van der Waals surface area contributed by atoms with Gasteiger partial charge in [-0.15, -0.1) is 5.10 Å². The first kappa shape index (κ1) is 15.4. The normalized spacial score (nSPS) is 22.4. The summed E-state index contributed by atoms with van der Waals surface area (Å²) in [5.41, 5.74) is 0.0341. The molecule has 122 valence electrons. The Balaban J connectivity index is 1.60. The molecule has 0 aliphatic heterocycles. The van der Waals surface area contributed by atoms with Gasteiger partial charge in [-0.2, -0.15) is 0 Å². The fourth-order valence-corrected chi connectivity index (χ4v) is 4.16. The minimum Gasteiger partial charge on any atom is -0.353 e. The van der Waals surface area contributed by atoms with Gasteiger partial charge in [-0.25, -0.2) is 4.68 Å². The lowest BCUT2D eigenvalue weighted by Gasteiger charge is -2.37. The molecule has 0 saturated heterocycles. The fraction of sp³-hybridized carbons (Fsp3) is 0.875. The quantitative estimate of drug-likeness (QED) is 0.907. The maximum absolute atomic E-state index is 12.5. The van der Waals surface area contributed by atoms with Crippen molar-refractivity contribution in [1.29, 1.82) is 0 Å². The summed E-state index contributed by atoms with van der Waals surface area (Å²) in [7, 11) is 0. The molecule has 0 radical (unpaired) electrons. The van der Waals surface area contributed by atoms with E-state index in [0.29, 0.717) is 12.5 Å². The first-order valence-electron chi connectivity index (χ1n) is 8.76. The van der Waals surface area contributed by atoms with Crippen LogP contribution in [0.25, 0.3) is 0 Å². The lowest BCUT2D eigenvalue weighted by Crippen LogP contribution is -2.41. The Morgan fingerprint density at radius 2 is 1.86 bits per heavy atom. The summed E-state index contributed by atoms with van der Waals surface area (Å²) in [5, 5.41) is 14.7. The van der Waals surface area contributed by atoms with Crippen LogP contribution in [0.2, 0.25) is 0 Å². The molecule has 22 heavy (non-hydrogen) atoms. The van der Waals surface area contributed by atoms with Gasteiger partial charge in [0.05, 0.1) is 6.54 Å². The number of carbonyl (C=O) groups is 1. The van der Waals surface area contributed by atoms with Crippen molar-refractivity contribution in [2.45, 2.75) is 83.2 Å². The van der Waals surface area contributed by atoms with Crippen LogP contribution in [0.15, 0.2) is 6.33 Å². The summed E-state index contributed by atoms with van der Waals surface area (Å²) >= 11 is 0. The fourth-order valence-electron chi connectivity index (χ4n) is 4.16. The Hall–Kier alpha value is -1.46. The van der Waals surface area contributed by atoms with Crippen LogP contribution >= 0.6 is 0 Å². The maximum atomic E-state index is 12.5. The Morgan fingerprint density at radius 1 is 1.14 bits per heavy atom. The number of nitrogens with one attached hydrogen (secondary N) is 1. The molecule has 6 nitrogen and oxygen atoms in total. The predicted octanol–water partition coefficient (Wildman–Crippen LogP) is 2.46. The molecule has 1 amide bonds. The second-order valence-corrected chi connectivity index (χ2v) is 7.15. The van der Waals surface area contributed by atoms with Gasteiger partial charge in [0.2, 0.25) is 5.91 Å². The number of tetrazole rings is 1. The molecule has 0 unspecified atom stereocenters. The van der Waals surface area contributed by atoms with Crippen LogP contribution in [0.5, 0.6) is 0 Å². The van der Waals surface area contributed by atoms with E-state index in [1.54, 1.807) is 11.0 Å². The number of hydrogen-bond acceptors (Lipinski definition) is 4. The van der Waals surface area contributed by atoms with Crippen LogP contribution in [-0.2, 0) is 11.3 Å². The van der Waals surface area contributed by atoms with Crippen LogP contribution < -0.4 is 5.32 Å². The van der Waals surface area contributed by atoms with E-state index in [2.05, 4.69) is 20.8 Å². The summed E-state index contributed by atoms with van der Waals surface area (Å²) in [5.74, 6) is 0.224. The smallest absolute Gasteiger partial charge is 0.220 e. The number of aromatic nitrogens is 4. The van der Waals surface area contributed by atoms with Crippen LogP contribution in [0.1, 0.15) is 70.6 Å². The van der Waals surface area contributed by atoms with E-state index in [1.165, 1.54) is 38.5 Å². The van der Waals surface area contributed by atoms with Crippen molar-refractivity contribution in [3.8, 4) is 0 Å². The van der Waals surface area contributed by atoms with Crippen LogP contribution in [-0.4, -0.2) is 32.2 Å². The van der Waals surface area contributed by atoms with Crippen molar-refractivity contribution in [1.82, 2.24) is 25.5 Å². The average Bonchev–Trinajstić information content (AvgIpc) is 3.01. The van der Waals surface area contributed by atoms with Gasteiger partial charge >= 0.3 is 0 Å². The van der Waals surface area contributed by atoms with E-state index in [1.807, 2.05) is 0 Å². The lowest BCUT2D eigenvalue weighted by atomic mass is 9.71. The highest BCUT2D eigenvalue weighted by Gasteiger charge is 2.35. The highest BCUT2D eigenvalue weighted by molar-refractivity contribution is 5.77. The molecule has 2 fully saturated rings. The first-order valence-corrected chi connectivity index (χ1v) is 8.76. The highest BCUT2D eigenvalue weighted by atomic mass is 16.1. The van der Waals surface area contributed by atoms with E-state index in [4.69, 9.17) is 0 Å². The molecular formula is C16H27N5O. The zero-order valence-electron chi connectivity index (χ0n) is 13.3. The molecule has 1 aromatic rings. The highest BCUT2D eigenvalue weighted by Crippen LogP contribution is 2.40. The van der Waals surface area contributed by atoms with Crippen molar-refractivity contribution in [3.63, 3.8) is 0 Å². The van der Waals surface area contributed by atoms with Crippen molar-refractivity contribution in [3.05, 3.63) is 6.33 Å². The predicted molar refractivity (Wildman–Crippen MR) is 83.0 cm³/mol. The summed E-state index contributed by atoms with van der Waals surface area (Å²) in [4.78, 5) is 12.5. The molecule has 0 bridgehead atoms. The lowest BCUT2D eigenvalue weighted by molar-refractivity contribution is -0.125. The van der Waals surface area contributed by atoms with Crippen molar-refractivity contribution in [2.24, 2.45) is 5.41 Å². The zero-order chi connectivity index (χ0) is 15.3. The second-order valence-electron chi connectivity index (χ2n) is 7.15. The third kappa shape index (κ3) is 4.05. The molecule has 0 aromatic carbocycles. The zero-order valence-corrected chi connectivity index (χ0v) is 13.3. The second kappa shape index (κ2) is 7.20. The van der Waals surface area contributed by atoms with Gasteiger partial charge < -0.3 is 5.32 Å². The van der Waals surface area contributed by atoms with Crippen LogP contribution in [0.4, 0.5) is 0 Å². The SMILES string of the molecule is O=C(CC1(Cn2cnnn2)CCCCC1)NC1CCCCC1. The molecule has 0 atom stereocenters. The molecule has 1 N–H and O–H groups in total. The van der Waals surface area contributed by atoms with Gasteiger partial charge in [0.15, 0.2) is 0 Å². The molecular weight excluding hydrogens is 278 g/mol. The van der Waals surface area contributed by atoms with Gasteiger partial charge in [0, 0.05) is 12.5 Å². The molecule has 1 heterocycles. The average molecular weight is 305 g/mol. The molecule has 2 saturated carbocycles. The minimum absolute atomic E-state index is 0.0341. The Bertz CT molecular complexity index is 461. The summed E-state index contributed by atoms with van der Waals surface area (Å²) in [6.45, 7) is 0.762. The monoisotopic (exact) mass is 305 g/mol. The van der Waals surface area contributed by atoms with E-state index in [-0.39, 0.29) is 11.3 Å². The summed E-state index contributed by atoms with van der Waals surface area (Å²) in [6, 6.07) is 0.398. The Labute approximate surface area is 132 Å². The maximum Gasteiger partial charge on any atom is 0.220 e. The first-order chi connectivity index (χ1) is 10.8. The van der Waals surface area contributed by atoms with E-state index < -0.39 is 0 Å². The number of hydrogen-bond donors (Lipinski definition) is 1. The van der Waals surface area contributed by atoms with Gasteiger partial charge in [-0.1, -0.05) is 38.5 Å². The van der Waals surface area contributed by atoms with Crippen LogP contribution in [0, 0.1) is 5.41 Å².